The van der Waals surface area contributed by atoms with Crippen molar-refractivity contribution in [3.05, 3.63) is 108 Å². The summed E-state index contributed by atoms with van der Waals surface area (Å²) in [4.78, 5) is 2.68. The van der Waals surface area contributed by atoms with Gasteiger partial charge in [0.05, 0.1) is 28.4 Å². The number of nitrogens with zero attached hydrogens (tertiary/aromatic N) is 4. The van der Waals surface area contributed by atoms with Crippen LogP contribution in [0.15, 0.2) is 106 Å². The first-order valence-corrected chi connectivity index (χ1v) is 20.3. The summed E-state index contributed by atoms with van der Waals surface area (Å²) in [7, 11) is -7.22. The Labute approximate surface area is 298 Å². The molecular weight excluding hydrogens is 669 g/mol. The number of hydrogen-bond acceptors (Lipinski definition) is 6. The Morgan fingerprint density at radius 1 is 0.800 bits per heavy atom. The minimum atomic E-state index is -3.61. The average molecular weight is 718 g/mol. The molecule has 0 fully saturated rings. The maximum atomic E-state index is 13.4. The molecule has 2 aliphatic heterocycles. The van der Waals surface area contributed by atoms with E-state index in [1.165, 1.54) is 8.61 Å². The van der Waals surface area contributed by atoms with Crippen molar-refractivity contribution in [2.45, 2.75) is 57.9 Å². The molecule has 3 aromatic rings. The van der Waals surface area contributed by atoms with Gasteiger partial charge in [-0.15, -0.1) is 0 Å². The van der Waals surface area contributed by atoms with Gasteiger partial charge in [0.2, 0.25) is 25.6 Å². The molecule has 2 aromatic carbocycles. The zero-order valence-electron chi connectivity index (χ0n) is 30.0. The van der Waals surface area contributed by atoms with Gasteiger partial charge in [0.25, 0.3) is 0 Å². The lowest BCUT2D eigenvalue weighted by Crippen LogP contribution is -2.33. The monoisotopic (exact) mass is 717 g/mol. The Kier molecular flexibility index (Phi) is 12.0. The zero-order valence-corrected chi connectivity index (χ0v) is 31.6. The number of anilines is 1. The number of ether oxygens (including phenoxy) is 1. The smallest absolute Gasteiger partial charge is 0.243 e. The zero-order chi connectivity index (χ0) is 36.1. The van der Waals surface area contributed by atoms with E-state index in [9.17, 15) is 16.8 Å². The number of hydrogen-bond donors (Lipinski definition) is 0. The van der Waals surface area contributed by atoms with Gasteiger partial charge in [0, 0.05) is 62.3 Å². The fourth-order valence-electron chi connectivity index (χ4n) is 6.46. The molecule has 0 amide bonds. The van der Waals surface area contributed by atoms with Crippen molar-refractivity contribution in [3.63, 3.8) is 0 Å². The second kappa shape index (κ2) is 16.0. The number of pyridine rings is 1. The molecule has 0 spiro atoms. The van der Waals surface area contributed by atoms with Gasteiger partial charge in [-0.25, -0.2) is 16.8 Å². The highest BCUT2D eigenvalue weighted by atomic mass is 32.2. The summed E-state index contributed by atoms with van der Waals surface area (Å²) in [6, 6.07) is 12.8. The molecule has 0 radical (unpaired) electrons. The molecule has 1 aromatic heterocycles. The molecule has 0 aliphatic carbocycles. The Morgan fingerprint density at radius 3 is 2.10 bits per heavy atom. The predicted molar refractivity (Wildman–Crippen MR) is 203 cm³/mol. The highest BCUT2D eigenvalue weighted by Crippen LogP contribution is 2.35. The summed E-state index contributed by atoms with van der Waals surface area (Å²) in [5, 5.41) is 0.864. The van der Waals surface area contributed by atoms with Crippen molar-refractivity contribution in [3.8, 4) is 0 Å². The molecule has 50 heavy (non-hydrogen) atoms. The number of aromatic nitrogens is 1. The van der Waals surface area contributed by atoms with E-state index in [1.807, 2.05) is 88.7 Å². The van der Waals surface area contributed by atoms with Crippen LogP contribution in [-0.4, -0.2) is 71.4 Å². The fraction of sp³-hybridized carbons (Fsp3) is 0.359. The highest BCUT2D eigenvalue weighted by Gasteiger charge is 2.26. The predicted octanol–water partition coefficient (Wildman–Crippen LogP) is 6.54. The Morgan fingerprint density at radius 2 is 1.46 bits per heavy atom. The van der Waals surface area contributed by atoms with Crippen LogP contribution in [0.5, 0.6) is 0 Å². The Bertz CT molecular complexity index is 2110. The number of rotatable bonds is 13. The molecule has 9 nitrogen and oxygen atoms in total. The normalized spacial score (nSPS) is 17.1. The third kappa shape index (κ3) is 7.57. The van der Waals surface area contributed by atoms with Crippen molar-refractivity contribution >= 4 is 48.3 Å². The summed E-state index contributed by atoms with van der Waals surface area (Å²) in [5.74, 6) is 0. The highest BCUT2D eigenvalue weighted by molar-refractivity contribution is 7.89. The van der Waals surface area contributed by atoms with Gasteiger partial charge in [-0.3, -0.25) is 0 Å². The first-order chi connectivity index (χ1) is 24.0. The van der Waals surface area contributed by atoms with Crippen LogP contribution in [0.1, 0.15) is 52.7 Å². The topological polar surface area (TPSA) is 91.1 Å². The van der Waals surface area contributed by atoms with E-state index in [0.29, 0.717) is 39.4 Å². The van der Waals surface area contributed by atoms with Crippen molar-refractivity contribution in [2.75, 3.05) is 50.8 Å². The number of fused-ring (bicyclic) bond motifs is 2. The largest absolute Gasteiger partial charge is 0.372 e. The van der Waals surface area contributed by atoms with Crippen LogP contribution in [0.2, 0.25) is 0 Å². The molecule has 266 valence electrons. The molecule has 0 saturated carbocycles. The van der Waals surface area contributed by atoms with E-state index in [-0.39, 0.29) is 9.79 Å². The van der Waals surface area contributed by atoms with Gasteiger partial charge in [0.1, 0.15) is 6.54 Å². The summed E-state index contributed by atoms with van der Waals surface area (Å²) >= 11 is 0. The molecule has 0 unspecified atom stereocenters. The van der Waals surface area contributed by atoms with E-state index in [2.05, 4.69) is 29.4 Å². The minimum absolute atomic E-state index is 0.286. The second-order valence-electron chi connectivity index (χ2n) is 12.1. The van der Waals surface area contributed by atoms with E-state index >= 15 is 0 Å². The van der Waals surface area contributed by atoms with Gasteiger partial charge >= 0.3 is 0 Å². The lowest BCUT2D eigenvalue weighted by Gasteiger charge is -2.27. The summed E-state index contributed by atoms with van der Waals surface area (Å²) in [5.41, 5.74) is 6.59. The van der Waals surface area contributed by atoms with Crippen LogP contribution in [0.3, 0.4) is 0 Å². The summed E-state index contributed by atoms with van der Waals surface area (Å²) in [6.07, 6.45) is 16.3. The summed E-state index contributed by atoms with van der Waals surface area (Å²) < 4.78 is 64.5. The van der Waals surface area contributed by atoms with Crippen LogP contribution < -0.4 is 9.47 Å². The van der Waals surface area contributed by atoms with Crippen molar-refractivity contribution in [1.82, 2.24) is 8.61 Å². The van der Waals surface area contributed by atoms with Crippen molar-refractivity contribution in [1.29, 1.82) is 0 Å². The standard InChI is InChI=1S/C39H49N4O5S2/c1-7-40-23-21-32(36-26-34(17-19-38(36)40)49(44,45)42(9-3)10-4)15-13-30-25-31(29-48-28-30)14-16-33-22-24-41(8-2)39-20-18-35(27-37(33)39)50(46,47)43(11-5)12-6/h13-27H,7-12,28-29H2,1-6H3/q+1. The molecule has 0 saturated heterocycles. The number of aryl methyl sites for hydroxylation is 1. The lowest BCUT2D eigenvalue weighted by atomic mass is 9.98. The van der Waals surface area contributed by atoms with Gasteiger partial charge in [-0.1, -0.05) is 58.1 Å². The third-order valence-corrected chi connectivity index (χ3v) is 13.4. The Hall–Kier alpha value is -3.87. The van der Waals surface area contributed by atoms with Gasteiger partial charge in [0.15, 0.2) is 6.20 Å². The Balaban J connectivity index is 1.48. The van der Waals surface area contributed by atoms with Crippen LogP contribution in [-0.2, 0) is 31.3 Å². The van der Waals surface area contributed by atoms with E-state index in [4.69, 9.17) is 4.74 Å². The molecule has 5 rings (SSSR count). The first kappa shape index (κ1) is 37.4. The van der Waals surface area contributed by atoms with Crippen molar-refractivity contribution < 1.29 is 26.1 Å². The van der Waals surface area contributed by atoms with Crippen LogP contribution in [0, 0.1) is 0 Å². The quantitative estimate of drug-likeness (QED) is 0.187. The third-order valence-electron chi connectivity index (χ3n) is 9.27. The van der Waals surface area contributed by atoms with Gasteiger partial charge < -0.3 is 9.64 Å². The maximum absolute atomic E-state index is 13.4. The molecule has 3 heterocycles. The molecule has 0 N–H and O–H groups in total. The lowest BCUT2D eigenvalue weighted by molar-refractivity contribution is -0.667. The molecule has 2 aliphatic rings. The van der Waals surface area contributed by atoms with Gasteiger partial charge in [-0.2, -0.15) is 13.2 Å². The van der Waals surface area contributed by atoms with E-state index in [0.717, 1.165) is 57.5 Å². The van der Waals surface area contributed by atoms with Crippen LogP contribution in [0.4, 0.5) is 5.69 Å². The molecule has 11 heteroatoms. The number of sulfonamides is 2. The van der Waals surface area contributed by atoms with Gasteiger partial charge in [-0.05, 0) is 72.5 Å². The average Bonchev–Trinajstić information content (AvgIpc) is 3.13. The minimum Gasteiger partial charge on any atom is -0.372 e. The van der Waals surface area contributed by atoms with Crippen LogP contribution >= 0.6 is 0 Å². The fourth-order valence-corrected chi connectivity index (χ4v) is 9.43. The molecule has 0 bridgehead atoms. The van der Waals surface area contributed by atoms with E-state index < -0.39 is 20.0 Å². The maximum Gasteiger partial charge on any atom is 0.243 e. The van der Waals surface area contributed by atoms with Crippen molar-refractivity contribution in [2.24, 2.45) is 0 Å². The SMILES string of the molecule is CCN1C=C/C(=C\C=C2C=C(/C=C/c3cc[n+](CC)c4ccc(S(=O)(=O)N(CC)CC)cc34)COC\2)c2cc(S(=O)(=O)N(CC)CC)ccc21. The summed E-state index contributed by atoms with van der Waals surface area (Å²) in [6.45, 7) is 15.6. The van der Waals surface area contributed by atoms with E-state index in [1.54, 1.807) is 24.3 Å². The second-order valence-corrected chi connectivity index (χ2v) is 16.0. The first-order valence-electron chi connectivity index (χ1n) is 17.4. The molecule has 0 atom stereocenters. The molecular formula is C39H49N4O5S2+. The van der Waals surface area contributed by atoms with Crippen LogP contribution in [0.25, 0.3) is 22.6 Å². The number of allylic oxidation sites excluding steroid dienone is 4. The number of benzene rings is 2.